The first-order valence-electron chi connectivity index (χ1n) is 6.80. The highest BCUT2D eigenvalue weighted by molar-refractivity contribution is 4.71. The maximum absolute atomic E-state index is 5.70. The molecule has 0 aliphatic carbocycles. The van der Waals surface area contributed by atoms with E-state index in [-0.39, 0.29) is 0 Å². The zero-order chi connectivity index (χ0) is 12.7. The van der Waals surface area contributed by atoms with Crippen LogP contribution in [-0.2, 0) is 4.74 Å². The summed E-state index contributed by atoms with van der Waals surface area (Å²) >= 11 is 0. The lowest BCUT2D eigenvalue weighted by Gasteiger charge is -2.30. The zero-order valence-electron chi connectivity index (χ0n) is 11.9. The smallest absolute Gasteiger partial charge is 0.0826 e. The topological polar surface area (TPSA) is 27.7 Å². The number of rotatable bonds is 7. The Morgan fingerprint density at radius 2 is 2.24 bits per heavy atom. The molecule has 4 nitrogen and oxygen atoms in total. The van der Waals surface area contributed by atoms with Crippen molar-refractivity contribution in [3.63, 3.8) is 0 Å². The summed E-state index contributed by atoms with van der Waals surface area (Å²) in [5, 5.41) is 3.49. The van der Waals surface area contributed by atoms with E-state index in [1.54, 1.807) is 0 Å². The van der Waals surface area contributed by atoms with Crippen molar-refractivity contribution in [3.8, 4) is 0 Å². The number of hydrogen-bond acceptors (Lipinski definition) is 4. The van der Waals surface area contributed by atoms with E-state index in [4.69, 9.17) is 4.74 Å². The number of nitrogens with zero attached hydrogens (tertiary/aromatic N) is 2. The van der Waals surface area contributed by atoms with Gasteiger partial charge in [0, 0.05) is 25.7 Å². The van der Waals surface area contributed by atoms with Gasteiger partial charge in [-0.1, -0.05) is 0 Å². The van der Waals surface area contributed by atoms with Crippen LogP contribution >= 0.6 is 0 Å². The summed E-state index contributed by atoms with van der Waals surface area (Å²) in [5.74, 6) is 0. The van der Waals surface area contributed by atoms with E-state index in [2.05, 4.69) is 43.1 Å². The van der Waals surface area contributed by atoms with Crippen molar-refractivity contribution in [1.82, 2.24) is 15.1 Å². The van der Waals surface area contributed by atoms with Gasteiger partial charge in [0.15, 0.2) is 0 Å². The minimum absolute atomic E-state index is 0.372. The number of morpholine rings is 1. The van der Waals surface area contributed by atoms with Crippen LogP contribution in [0, 0.1) is 0 Å². The van der Waals surface area contributed by atoms with E-state index in [9.17, 15) is 0 Å². The van der Waals surface area contributed by atoms with E-state index < -0.39 is 0 Å². The highest BCUT2D eigenvalue weighted by atomic mass is 16.5. The van der Waals surface area contributed by atoms with Crippen molar-refractivity contribution in [2.45, 2.75) is 32.4 Å². The quantitative estimate of drug-likeness (QED) is 0.664. The summed E-state index contributed by atoms with van der Waals surface area (Å²) < 4.78 is 5.70. The molecule has 0 aromatic heterocycles. The SMILES string of the molecule is CC(C)N(C)CCCNCC1CN(C)CCO1. The Morgan fingerprint density at radius 1 is 1.47 bits per heavy atom. The Bertz CT molecular complexity index is 199. The van der Waals surface area contributed by atoms with Crippen LogP contribution in [0.1, 0.15) is 20.3 Å². The minimum atomic E-state index is 0.372. The molecule has 0 aromatic carbocycles. The lowest BCUT2D eigenvalue weighted by atomic mass is 10.2. The molecular weight excluding hydrogens is 214 g/mol. The Kier molecular flexibility index (Phi) is 7.04. The van der Waals surface area contributed by atoms with Gasteiger partial charge in [-0.25, -0.2) is 0 Å². The summed E-state index contributed by atoms with van der Waals surface area (Å²) in [6.45, 7) is 10.7. The van der Waals surface area contributed by atoms with Crippen LogP contribution in [0.25, 0.3) is 0 Å². The molecule has 0 saturated carbocycles. The Hall–Kier alpha value is -0.160. The van der Waals surface area contributed by atoms with Gasteiger partial charge in [-0.15, -0.1) is 0 Å². The van der Waals surface area contributed by atoms with E-state index in [1.165, 1.54) is 6.42 Å². The first kappa shape index (κ1) is 14.9. The molecule has 1 heterocycles. The number of nitrogens with one attached hydrogen (secondary N) is 1. The second-order valence-electron chi connectivity index (χ2n) is 5.39. The fraction of sp³-hybridized carbons (Fsp3) is 1.00. The summed E-state index contributed by atoms with van der Waals surface area (Å²) in [6, 6.07) is 0.644. The van der Waals surface area contributed by atoms with E-state index in [0.717, 1.165) is 39.3 Å². The van der Waals surface area contributed by atoms with Gasteiger partial charge in [0.2, 0.25) is 0 Å². The maximum Gasteiger partial charge on any atom is 0.0826 e. The average Bonchev–Trinajstić information content (AvgIpc) is 2.28. The van der Waals surface area contributed by atoms with Crippen LogP contribution in [0.5, 0.6) is 0 Å². The molecular formula is C13H29N3O. The molecule has 1 aliphatic heterocycles. The van der Waals surface area contributed by atoms with Crippen LogP contribution in [-0.4, -0.2) is 75.4 Å². The summed E-state index contributed by atoms with van der Waals surface area (Å²) in [4.78, 5) is 4.72. The van der Waals surface area contributed by atoms with Gasteiger partial charge in [0.1, 0.15) is 0 Å². The monoisotopic (exact) mass is 243 g/mol. The van der Waals surface area contributed by atoms with Gasteiger partial charge in [-0.2, -0.15) is 0 Å². The molecule has 4 heteroatoms. The standard InChI is InChI=1S/C13H29N3O/c1-12(2)16(4)7-5-6-14-10-13-11-15(3)8-9-17-13/h12-14H,5-11H2,1-4H3. The van der Waals surface area contributed by atoms with Crippen LogP contribution in [0.4, 0.5) is 0 Å². The molecule has 1 unspecified atom stereocenters. The van der Waals surface area contributed by atoms with Gasteiger partial charge >= 0.3 is 0 Å². The molecule has 0 spiro atoms. The van der Waals surface area contributed by atoms with Crippen molar-refractivity contribution in [2.75, 3.05) is 53.4 Å². The normalized spacial score (nSPS) is 22.6. The Labute approximate surface area is 106 Å². The predicted octanol–water partition coefficient (Wildman–Crippen LogP) is 0.637. The van der Waals surface area contributed by atoms with Crippen LogP contribution in [0.15, 0.2) is 0 Å². The number of ether oxygens (including phenoxy) is 1. The molecule has 1 rings (SSSR count). The van der Waals surface area contributed by atoms with E-state index in [0.29, 0.717) is 12.1 Å². The molecule has 1 atom stereocenters. The van der Waals surface area contributed by atoms with Gasteiger partial charge in [-0.05, 0) is 47.5 Å². The third kappa shape index (κ3) is 6.36. The van der Waals surface area contributed by atoms with Crippen molar-refractivity contribution in [1.29, 1.82) is 0 Å². The van der Waals surface area contributed by atoms with E-state index >= 15 is 0 Å². The van der Waals surface area contributed by atoms with Crippen molar-refractivity contribution in [2.24, 2.45) is 0 Å². The third-order valence-corrected chi connectivity index (χ3v) is 3.46. The fourth-order valence-corrected chi connectivity index (χ4v) is 1.97. The molecule has 1 aliphatic rings. The molecule has 1 N–H and O–H groups in total. The zero-order valence-corrected chi connectivity index (χ0v) is 11.9. The molecule has 102 valence electrons. The average molecular weight is 243 g/mol. The van der Waals surface area contributed by atoms with Crippen molar-refractivity contribution in [3.05, 3.63) is 0 Å². The van der Waals surface area contributed by atoms with Gasteiger partial charge < -0.3 is 19.9 Å². The minimum Gasteiger partial charge on any atom is -0.374 e. The van der Waals surface area contributed by atoms with E-state index in [1.807, 2.05) is 0 Å². The second kappa shape index (κ2) is 8.03. The highest BCUT2D eigenvalue weighted by Gasteiger charge is 2.16. The molecule has 0 amide bonds. The van der Waals surface area contributed by atoms with Gasteiger partial charge in [0.25, 0.3) is 0 Å². The maximum atomic E-state index is 5.70. The van der Waals surface area contributed by atoms with Crippen LogP contribution in [0.3, 0.4) is 0 Å². The summed E-state index contributed by atoms with van der Waals surface area (Å²) in [6.07, 6.45) is 1.58. The van der Waals surface area contributed by atoms with Gasteiger partial charge in [-0.3, -0.25) is 0 Å². The predicted molar refractivity (Wildman–Crippen MR) is 72.5 cm³/mol. The lowest BCUT2D eigenvalue weighted by Crippen LogP contribution is -2.45. The highest BCUT2D eigenvalue weighted by Crippen LogP contribution is 2.01. The van der Waals surface area contributed by atoms with Gasteiger partial charge in [0.05, 0.1) is 12.7 Å². The molecule has 0 radical (unpaired) electrons. The summed E-state index contributed by atoms with van der Waals surface area (Å²) in [7, 11) is 4.34. The molecule has 1 saturated heterocycles. The lowest BCUT2D eigenvalue weighted by molar-refractivity contribution is -0.0180. The third-order valence-electron chi connectivity index (χ3n) is 3.46. The van der Waals surface area contributed by atoms with Crippen molar-refractivity contribution >= 4 is 0 Å². The van der Waals surface area contributed by atoms with Crippen LogP contribution < -0.4 is 5.32 Å². The largest absolute Gasteiger partial charge is 0.374 e. The molecule has 17 heavy (non-hydrogen) atoms. The Balaban J connectivity index is 1.97. The van der Waals surface area contributed by atoms with Crippen LogP contribution in [0.2, 0.25) is 0 Å². The first-order chi connectivity index (χ1) is 8.09. The summed E-state index contributed by atoms with van der Waals surface area (Å²) in [5.41, 5.74) is 0. The molecule has 1 fully saturated rings. The Morgan fingerprint density at radius 3 is 2.88 bits per heavy atom. The number of hydrogen-bond donors (Lipinski definition) is 1. The molecule has 0 bridgehead atoms. The first-order valence-corrected chi connectivity index (χ1v) is 6.80. The molecule has 0 aromatic rings. The van der Waals surface area contributed by atoms with Crippen molar-refractivity contribution < 1.29 is 4.74 Å². The second-order valence-corrected chi connectivity index (χ2v) is 5.39. The fourth-order valence-electron chi connectivity index (χ4n) is 1.97. The number of likely N-dealkylation sites (N-methyl/N-ethyl adjacent to an activating group) is 1.